The summed E-state index contributed by atoms with van der Waals surface area (Å²) < 4.78 is 7.01. The van der Waals surface area contributed by atoms with E-state index in [4.69, 9.17) is 4.74 Å². The predicted molar refractivity (Wildman–Crippen MR) is 103 cm³/mol. The minimum absolute atomic E-state index is 0.272. The van der Waals surface area contributed by atoms with Crippen LogP contribution >= 0.6 is 0 Å². The Morgan fingerprint density at radius 1 is 1.19 bits per heavy atom. The molecule has 1 aromatic carbocycles. The van der Waals surface area contributed by atoms with E-state index in [1.165, 1.54) is 42.3 Å². The fraction of sp³-hybridized carbons (Fsp3) is 0.400. The summed E-state index contributed by atoms with van der Waals surface area (Å²) in [4.78, 5) is 21.7. The third-order valence-electron chi connectivity index (χ3n) is 5.25. The maximum atomic E-state index is 12.4. The molecule has 2 heterocycles. The van der Waals surface area contributed by atoms with E-state index in [1.54, 1.807) is 32.6 Å². The second-order valence-electron chi connectivity index (χ2n) is 6.94. The van der Waals surface area contributed by atoms with Crippen LogP contribution < -0.4 is 10.1 Å². The molecule has 1 saturated carbocycles. The number of benzene rings is 1. The van der Waals surface area contributed by atoms with Gasteiger partial charge in [-0.15, -0.1) is 0 Å². The van der Waals surface area contributed by atoms with Gasteiger partial charge in [-0.3, -0.25) is 14.5 Å². The van der Waals surface area contributed by atoms with Crippen molar-refractivity contribution in [2.24, 2.45) is 7.05 Å². The van der Waals surface area contributed by atoms with Crippen LogP contribution in [0.25, 0.3) is 11.0 Å². The molecule has 7 nitrogen and oxygen atoms in total. The molecular formula is C20H23N5O2. The number of nitrogens with one attached hydrogen (secondary N) is 1. The van der Waals surface area contributed by atoms with Crippen LogP contribution in [0.2, 0.25) is 0 Å². The van der Waals surface area contributed by atoms with Crippen LogP contribution in [0, 0.1) is 0 Å². The Kier molecular flexibility index (Phi) is 4.75. The zero-order chi connectivity index (χ0) is 18.8. The number of carbonyl (C=O) groups excluding carboxylic acids is 1. The van der Waals surface area contributed by atoms with Crippen molar-refractivity contribution in [3.8, 4) is 5.75 Å². The van der Waals surface area contributed by atoms with Crippen molar-refractivity contribution in [1.82, 2.24) is 19.7 Å². The highest BCUT2D eigenvalue weighted by atomic mass is 16.5. The molecule has 0 atom stereocenters. The largest absolute Gasteiger partial charge is 0.494 e. The molecule has 0 bridgehead atoms. The Bertz CT molecular complexity index is 976. The molecule has 2 aromatic heterocycles. The zero-order valence-corrected chi connectivity index (χ0v) is 15.6. The first-order valence-electron chi connectivity index (χ1n) is 9.30. The molecule has 0 saturated heterocycles. The molecule has 0 aliphatic heterocycles. The lowest BCUT2D eigenvalue weighted by atomic mass is 9.83. The van der Waals surface area contributed by atoms with Gasteiger partial charge in [0.2, 0.25) is 0 Å². The number of carbonyl (C=O) groups is 1. The van der Waals surface area contributed by atoms with Crippen molar-refractivity contribution in [3.63, 3.8) is 0 Å². The quantitative estimate of drug-likeness (QED) is 0.763. The van der Waals surface area contributed by atoms with Crippen LogP contribution in [0.4, 0.5) is 5.82 Å². The molecule has 0 radical (unpaired) electrons. The molecule has 7 heteroatoms. The van der Waals surface area contributed by atoms with Gasteiger partial charge in [0.05, 0.1) is 18.8 Å². The van der Waals surface area contributed by atoms with Crippen LogP contribution in [0.15, 0.2) is 30.6 Å². The normalized spacial score (nSPS) is 15.0. The zero-order valence-electron chi connectivity index (χ0n) is 15.6. The lowest BCUT2D eigenvalue weighted by Gasteiger charge is -2.23. The van der Waals surface area contributed by atoms with Crippen LogP contribution in [0.5, 0.6) is 5.75 Å². The van der Waals surface area contributed by atoms with Crippen molar-refractivity contribution in [1.29, 1.82) is 0 Å². The first-order chi connectivity index (χ1) is 13.2. The number of hydrogen-bond acceptors (Lipinski definition) is 5. The van der Waals surface area contributed by atoms with Gasteiger partial charge in [-0.1, -0.05) is 25.3 Å². The van der Waals surface area contributed by atoms with Gasteiger partial charge in [-0.2, -0.15) is 5.10 Å². The number of aromatic nitrogens is 4. The van der Waals surface area contributed by atoms with Crippen molar-refractivity contribution < 1.29 is 9.53 Å². The number of hydrogen-bond donors (Lipinski definition) is 1. The second kappa shape index (κ2) is 7.34. The monoisotopic (exact) mass is 365 g/mol. The number of fused-ring (bicyclic) bond motifs is 1. The van der Waals surface area contributed by atoms with Gasteiger partial charge >= 0.3 is 0 Å². The Balaban J connectivity index is 1.70. The van der Waals surface area contributed by atoms with Crippen molar-refractivity contribution in [2.75, 3.05) is 12.4 Å². The van der Waals surface area contributed by atoms with E-state index in [2.05, 4.69) is 26.4 Å². The third kappa shape index (κ3) is 3.37. The Labute approximate surface area is 157 Å². The molecule has 0 spiro atoms. The van der Waals surface area contributed by atoms with Gasteiger partial charge in [-0.05, 0) is 36.5 Å². The summed E-state index contributed by atoms with van der Waals surface area (Å²) in [7, 11) is 3.35. The molecular weight excluding hydrogens is 342 g/mol. The molecule has 4 rings (SSSR count). The highest BCUT2D eigenvalue weighted by molar-refractivity contribution is 6.02. The fourth-order valence-electron chi connectivity index (χ4n) is 3.84. The summed E-state index contributed by atoms with van der Waals surface area (Å²) in [5.74, 6) is 1.30. The van der Waals surface area contributed by atoms with E-state index in [0.29, 0.717) is 28.7 Å². The van der Waals surface area contributed by atoms with Crippen LogP contribution in [0.3, 0.4) is 0 Å². The average molecular weight is 365 g/mol. The van der Waals surface area contributed by atoms with Gasteiger partial charge in [0.15, 0.2) is 5.82 Å². The maximum Gasteiger partial charge on any atom is 0.275 e. The maximum absolute atomic E-state index is 12.4. The molecule has 140 valence electrons. The summed E-state index contributed by atoms with van der Waals surface area (Å²) in [5.41, 5.74) is 3.23. The van der Waals surface area contributed by atoms with Crippen molar-refractivity contribution in [3.05, 3.63) is 41.9 Å². The molecule has 3 aromatic rings. The number of nitrogens with zero attached hydrogens (tertiary/aromatic N) is 4. The van der Waals surface area contributed by atoms with E-state index in [0.717, 1.165) is 5.52 Å². The standard InChI is InChI=1S/C20H23N5O2/c1-25-15(10-11-22-25)20(26)24-17-12-21-18-14(13-6-4-3-5-7-13)8-9-16(27-2)19(18)23-17/h8-13H,3-7H2,1-2H3,(H,23,24,26). The minimum Gasteiger partial charge on any atom is -0.494 e. The van der Waals surface area contributed by atoms with E-state index in [-0.39, 0.29) is 5.91 Å². The summed E-state index contributed by atoms with van der Waals surface area (Å²) >= 11 is 0. The number of amides is 1. The molecule has 0 unspecified atom stereocenters. The second-order valence-corrected chi connectivity index (χ2v) is 6.94. The summed E-state index contributed by atoms with van der Waals surface area (Å²) in [6.45, 7) is 0. The predicted octanol–water partition coefficient (Wildman–Crippen LogP) is 3.67. The number of rotatable bonds is 4. The molecule has 27 heavy (non-hydrogen) atoms. The lowest BCUT2D eigenvalue weighted by molar-refractivity contribution is 0.101. The van der Waals surface area contributed by atoms with E-state index in [1.807, 2.05) is 6.07 Å². The van der Waals surface area contributed by atoms with E-state index >= 15 is 0 Å². The molecule has 1 aliphatic carbocycles. The topological polar surface area (TPSA) is 81.9 Å². The highest BCUT2D eigenvalue weighted by Gasteiger charge is 2.21. The number of aryl methyl sites for hydroxylation is 1. The van der Waals surface area contributed by atoms with E-state index < -0.39 is 0 Å². The van der Waals surface area contributed by atoms with Gasteiger partial charge < -0.3 is 10.1 Å². The molecule has 1 amide bonds. The van der Waals surface area contributed by atoms with Crippen LogP contribution in [-0.2, 0) is 7.05 Å². The summed E-state index contributed by atoms with van der Waals surface area (Å²) in [5, 5.41) is 6.82. The molecule has 1 N–H and O–H groups in total. The van der Waals surface area contributed by atoms with Crippen LogP contribution in [0.1, 0.15) is 54.1 Å². The van der Waals surface area contributed by atoms with E-state index in [9.17, 15) is 4.79 Å². The Morgan fingerprint density at radius 3 is 2.70 bits per heavy atom. The Hall–Kier alpha value is -2.96. The smallest absolute Gasteiger partial charge is 0.275 e. The SMILES string of the molecule is COc1ccc(C2CCCCC2)c2ncc(NC(=O)c3ccnn3C)nc12. The van der Waals surface area contributed by atoms with Crippen molar-refractivity contribution >= 4 is 22.8 Å². The fourth-order valence-corrected chi connectivity index (χ4v) is 3.84. The van der Waals surface area contributed by atoms with Gasteiger partial charge in [-0.25, -0.2) is 4.98 Å². The van der Waals surface area contributed by atoms with Gasteiger partial charge in [0, 0.05) is 13.2 Å². The first kappa shape index (κ1) is 17.5. The minimum atomic E-state index is -0.272. The third-order valence-corrected chi connectivity index (χ3v) is 5.25. The lowest BCUT2D eigenvalue weighted by Crippen LogP contribution is -2.17. The average Bonchev–Trinajstić information content (AvgIpc) is 3.13. The summed E-state index contributed by atoms with van der Waals surface area (Å²) in [6.07, 6.45) is 9.38. The number of anilines is 1. The molecule has 1 fully saturated rings. The van der Waals surface area contributed by atoms with Crippen molar-refractivity contribution in [2.45, 2.75) is 38.0 Å². The first-order valence-corrected chi connectivity index (χ1v) is 9.30. The van der Waals surface area contributed by atoms with Gasteiger partial charge in [0.25, 0.3) is 5.91 Å². The number of ether oxygens (including phenoxy) is 1. The Morgan fingerprint density at radius 2 is 2.00 bits per heavy atom. The summed E-state index contributed by atoms with van der Waals surface area (Å²) in [6, 6.07) is 5.72. The number of methoxy groups -OCH3 is 1. The van der Waals surface area contributed by atoms with Crippen LogP contribution in [-0.4, -0.2) is 32.8 Å². The molecule has 1 aliphatic rings. The van der Waals surface area contributed by atoms with Gasteiger partial charge in [0.1, 0.15) is 17.0 Å². The highest BCUT2D eigenvalue weighted by Crippen LogP contribution is 2.37.